The summed E-state index contributed by atoms with van der Waals surface area (Å²) in [6, 6.07) is 17.8. The van der Waals surface area contributed by atoms with Gasteiger partial charge in [-0.15, -0.1) is 13.2 Å². The maximum absolute atomic E-state index is 12.7. The van der Waals surface area contributed by atoms with Crippen molar-refractivity contribution in [3.05, 3.63) is 77.9 Å². The highest BCUT2D eigenvalue weighted by Crippen LogP contribution is 2.27. The third-order valence-corrected chi connectivity index (χ3v) is 4.95. The smallest absolute Gasteiger partial charge is 0.489 e. The number of aromatic nitrogens is 2. The van der Waals surface area contributed by atoms with E-state index < -0.39 is 6.36 Å². The van der Waals surface area contributed by atoms with Gasteiger partial charge in [-0.05, 0) is 60.2 Å². The second-order valence-corrected chi connectivity index (χ2v) is 7.66. The molecular formula is C24H21F3N4O3. The Hall–Kier alpha value is -4.21. The van der Waals surface area contributed by atoms with Gasteiger partial charge in [-0.2, -0.15) is 5.10 Å². The lowest BCUT2D eigenvalue weighted by Crippen LogP contribution is -2.17. The molecule has 2 N–H and O–H groups in total. The Balaban J connectivity index is 1.46. The van der Waals surface area contributed by atoms with Gasteiger partial charge in [-0.25, -0.2) is 0 Å². The van der Waals surface area contributed by atoms with Crippen LogP contribution in [0.25, 0.3) is 10.9 Å². The van der Waals surface area contributed by atoms with Crippen LogP contribution in [0.2, 0.25) is 0 Å². The molecule has 0 unspecified atom stereocenters. The lowest BCUT2D eigenvalue weighted by Gasteiger charge is -2.12. The summed E-state index contributed by atoms with van der Waals surface area (Å²) >= 11 is 0. The van der Waals surface area contributed by atoms with Crippen molar-refractivity contribution in [1.29, 1.82) is 0 Å². The molecule has 1 heterocycles. The van der Waals surface area contributed by atoms with Crippen LogP contribution >= 0.6 is 0 Å². The third-order valence-electron chi connectivity index (χ3n) is 4.95. The van der Waals surface area contributed by atoms with Gasteiger partial charge in [0.25, 0.3) is 5.91 Å². The van der Waals surface area contributed by atoms with Gasteiger partial charge < -0.3 is 19.7 Å². The number of nitrogens with zero attached hydrogens (tertiary/aromatic N) is 2. The number of H-pyrrole nitrogens is 1. The predicted molar refractivity (Wildman–Crippen MR) is 122 cm³/mol. The molecule has 0 aliphatic rings. The summed E-state index contributed by atoms with van der Waals surface area (Å²) in [6.45, 7) is 0.0261. The molecular weight excluding hydrogens is 449 g/mol. The molecule has 1 amide bonds. The van der Waals surface area contributed by atoms with Crippen LogP contribution in [-0.4, -0.2) is 36.6 Å². The molecule has 0 fully saturated rings. The SMILES string of the molecule is CN(C)c1ccc(C(=O)Nc2n[nH]c3ccc(OCc4cccc(OC(F)(F)F)c4)cc23)cc1. The molecule has 0 atom stereocenters. The van der Waals surface area contributed by atoms with Gasteiger partial charge in [0.1, 0.15) is 18.1 Å². The highest BCUT2D eigenvalue weighted by Gasteiger charge is 2.31. The average molecular weight is 470 g/mol. The zero-order chi connectivity index (χ0) is 24.3. The van der Waals surface area contributed by atoms with Crippen molar-refractivity contribution in [3.8, 4) is 11.5 Å². The van der Waals surface area contributed by atoms with E-state index >= 15 is 0 Å². The van der Waals surface area contributed by atoms with Gasteiger partial charge >= 0.3 is 6.36 Å². The summed E-state index contributed by atoms with van der Waals surface area (Å²) in [5, 5.41) is 10.4. The van der Waals surface area contributed by atoms with Crippen molar-refractivity contribution < 1.29 is 27.4 Å². The van der Waals surface area contributed by atoms with Crippen LogP contribution in [0.1, 0.15) is 15.9 Å². The molecule has 34 heavy (non-hydrogen) atoms. The lowest BCUT2D eigenvalue weighted by atomic mass is 10.2. The monoisotopic (exact) mass is 470 g/mol. The van der Waals surface area contributed by atoms with E-state index in [0.29, 0.717) is 33.6 Å². The molecule has 4 rings (SSSR count). The van der Waals surface area contributed by atoms with Crippen molar-refractivity contribution in [1.82, 2.24) is 10.2 Å². The standard InChI is InChI=1S/C24H21F3N4O3/c1-31(2)17-8-6-16(7-9-17)23(32)28-22-20-13-18(10-11-21(20)29-30-22)33-14-15-4-3-5-19(12-15)34-24(25,26)27/h3-13H,14H2,1-2H3,(H2,28,29,30,32). The first-order valence-corrected chi connectivity index (χ1v) is 10.2. The molecule has 0 bridgehead atoms. The fraction of sp³-hybridized carbons (Fsp3) is 0.167. The van der Waals surface area contributed by atoms with E-state index in [-0.39, 0.29) is 18.3 Å². The Morgan fingerprint density at radius 2 is 1.79 bits per heavy atom. The van der Waals surface area contributed by atoms with Crippen LogP contribution in [0.5, 0.6) is 11.5 Å². The first-order chi connectivity index (χ1) is 16.2. The van der Waals surface area contributed by atoms with Gasteiger partial charge in [-0.1, -0.05) is 12.1 Å². The maximum atomic E-state index is 12.7. The molecule has 0 aliphatic carbocycles. The third kappa shape index (κ3) is 5.58. The lowest BCUT2D eigenvalue weighted by molar-refractivity contribution is -0.274. The Morgan fingerprint density at radius 1 is 1.03 bits per heavy atom. The summed E-state index contributed by atoms with van der Waals surface area (Å²) < 4.78 is 47.0. The first-order valence-electron chi connectivity index (χ1n) is 10.2. The summed E-state index contributed by atoms with van der Waals surface area (Å²) in [5.41, 5.74) is 2.64. The minimum absolute atomic E-state index is 0.0261. The van der Waals surface area contributed by atoms with Crippen molar-refractivity contribution in [3.63, 3.8) is 0 Å². The molecule has 10 heteroatoms. The van der Waals surface area contributed by atoms with Crippen molar-refractivity contribution in [2.24, 2.45) is 0 Å². The molecule has 0 aliphatic heterocycles. The van der Waals surface area contributed by atoms with E-state index in [4.69, 9.17) is 4.74 Å². The molecule has 0 spiro atoms. The van der Waals surface area contributed by atoms with E-state index in [9.17, 15) is 18.0 Å². The number of hydrogen-bond acceptors (Lipinski definition) is 5. The van der Waals surface area contributed by atoms with E-state index in [0.717, 1.165) is 5.69 Å². The quantitative estimate of drug-likeness (QED) is 0.380. The number of carbonyl (C=O) groups is 1. The Morgan fingerprint density at radius 3 is 2.50 bits per heavy atom. The predicted octanol–water partition coefficient (Wildman–Crippen LogP) is 5.36. The fourth-order valence-corrected chi connectivity index (χ4v) is 3.27. The molecule has 0 saturated heterocycles. The van der Waals surface area contributed by atoms with Crippen molar-refractivity contribution >= 4 is 28.3 Å². The van der Waals surface area contributed by atoms with Crippen molar-refractivity contribution in [2.45, 2.75) is 13.0 Å². The van der Waals surface area contributed by atoms with E-state index in [1.165, 1.54) is 18.2 Å². The van der Waals surface area contributed by atoms with Crippen LogP contribution in [0.15, 0.2) is 66.7 Å². The Bertz CT molecular complexity index is 1300. The Labute approximate surface area is 193 Å². The van der Waals surface area contributed by atoms with E-state index in [2.05, 4.69) is 20.3 Å². The highest BCUT2D eigenvalue weighted by molar-refractivity contribution is 6.08. The molecule has 4 aromatic rings. The number of amides is 1. The number of alkyl halides is 3. The number of ether oxygens (including phenoxy) is 2. The number of hydrogen-bond donors (Lipinski definition) is 2. The van der Waals surface area contributed by atoms with Gasteiger partial charge in [0, 0.05) is 30.7 Å². The summed E-state index contributed by atoms with van der Waals surface area (Å²) in [5.74, 6) is 0.165. The van der Waals surface area contributed by atoms with Gasteiger partial charge in [0.2, 0.25) is 0 Å². The minimum Gasteiger partial charge on any atom is -0.489 e. The van der Waals surface area contributed by atoms with Gasteiger partial charge in [0.05, 0.1) is 5.52 Å². The van der Waals surface area contributed by atoms with Crippen molar-refractivity contribution in [2.75, 3.05) is 24.3 Å². The molecule has 1 aromatic heterocycles. The number of nitrogens with one attached hydrogen (secondary N) is 2. The topological polar surface area (TPSA) is 79.5 Å². The number of anilines is 2. The highest BCUT2D eigenvalue weighted by atomic mass is 19.4. The van der Waals surface area contributed by atoms with Crippen LogP contribution < -0.4 is 19.7 Å². The average Bonchev–Trinajstić information content (AvgIpc) is 3.19. The summed E-state index contributed by atoms with van der Waals surface area (Å²) in [6.07, 6.45) is -4.76. The number of benzene rings is 3. The zero-order valence-electron chi connectivity index (χ0n) is 18.3. The number of rotatable bonds is 7. The van der Waals surface area contributed by atoms with Gasteiger partial charge in [-0.3, -0.25) is 9.89 Å². The molecule has 3 aromatic carbocycles. The summed E-state index contributed by atoms with van der Waals surface area (Å²) in [7, 11) is 3.83. The van der Waals surface area contributed by atoms with Gasteiger partial charge in [0.15, 0.2) is 5.82 Å². The number of aromatic amines is 1. The largest absolute Gasteiger partial charge is 0.573 e. The summed E-state index contributed by atoms with van der Waals surface area (Å²) in [4.78, 5) is 14.6. The molecule has 7 nitrogen and oxygen atoms in total. The number of halogens is 3. The number of carbonyl (C=O) groups excluding carboxylic acids is 1. The van der Waals surface area contributed by atoms with Crippen LogP contribution in [0, 0.1) is 0 Å². The second-order valence-electron chi connectivity index (χ2n) is 7.66. The van der Waals surface area contributed by atoms with E-state index in [1.807, 2.05) is 31.1 Å². The fourth-order valence-electron chi connectivity index (χ4n) is 3.27. The normalized spacial score (nSPS) is 11.3. The number of fused-ring (bicyclic) bond motifs is 1. The van der Waals surface area contributed by atoms with Crippen LogP contribution in [0.3, 0.4) is 0 Å². The van der Waals surface area contributed by atoms with E-state index in [1.54, 1.807) is 36.4 Å². The van der Waals surface area contributed by atoms with Crippen LogP contribution in [-0.2, 0) is 6.61 Å². The first kappa shape index (κ1) is 23.0. The molecule has 176 valence electrons. The molecule has 0 saturated carbocycles. The van der Waals surface area contributed by atoms with Crippen LogP contribution in [0.4, 0.5) is 24.7 Å². The molecule has 0 radical (unpaired) electrons. The zero-order valence-corrected chi connectivity index (χ0v) is 18.3. The maximum Gasteiger partial charge on any atom is 0.573 e. The Kier molecular flexibility index (Phi) is 6.31. The second kappa shape index (κ2) is 9.34. The minimum atomic E-state index is -4.76.